The van der Waals surface area contributed by atoms with Crippen molar-refractivity contribution in [2.24, 2.45) is 0 Å². The van der Waals surface area contributed by atoms with Gasteiger partial charge in [-0.1, -0.05) is 0 Å². The van der Waals surface area contributed by atoms with Gasteiger partial charge in [0.1, 0.15) is 0 Å². The summed E-state index contributed by atoms with van der Waals surface area (Å²) in [5.74, 6) is 0. The van der Waals surface area contributed by atoms with Crippen molar-refractivity contribution in [3.05, 3.63) is 0 Å². The molecule has 2 nitrogen and oxygen atoms in total. The van der Waals surface area contributed by atoms with Gasteiger partial charge in [-0.05, 0) is 25.7 Å². The lowest BCUT2D eigenvalue weighted by atomic mass is 10.2. The van der Waals surface area contributed by atoms with Crippen LogP contribution in [0.4, 0.5) is 0 Å². The summed E-state index contributed by atoms with van der Waals surface area (Å²) >= 11 is 0. The highest BCUT2D eigenvalue weighted by Gasteiger charge is 2.57. The maximum atomic E-state index is 6.02. The van der Waals surface area contributed by atoms with Crippen LogP contribution in [0.5, 0.6) is 0 Å². The first-order chi connectivity index (χ1) is 4.83. The van der Waals surface area contributed by atoms with Gasteiger partial charge < -0.3 is 10.1 Å². The molecule has 56 valence electrons. The second kappa shape index (κ2) is 1.41. The van der Waals surface area contributed by atoms with Crippen LogP contribution in [0.15, 0.2) is 0 Å². The molecule has 0 aromatic carbocycles. The fourth-order valence-corrected chi connectivity index (χ4v) is 1.89. The molecule has 0 radical (unpaired) electrons. The van der Waals surface area contributed by atoms with E-state index >= 15 is 0 Å². The lowest BCUT2D eigenvalue weighted by Gasteiger charge is -2.31. The Hall–Kier alpha value is -0.0800. The van der Waals surface area contributed by atoms with E-state index in [2.05, 4.69) is 5.32 Å². The summed E-state index contributed by atoms with van der Waals surface area (Å²) in [6.45, 7) is 2.21. The average Bonchev–Trinajstić information content (AvgIpc) is 2.78. The fourth-order valence-electron chi connectivity index (χ4n) is 1.89. The van der Waals surface area contributed by atoms with Crippen molar-refractivity contribution >= 4 is 0 Å². The zero-order valence-corrected chi connectivity index (χ0v) is 6.15. The number of hydrogen-bond donors (Lipinski definition) is 1. The fraction of sp³-hybridized carbons (Fsp3) is 1.00. The molecular formula is C8H13NO. The molecule has 2 heteroatoms. The van der Waals surface area contributed by atoms with Crippen LogP contribution in [-0.2, 0) is 4.74 Å². The molecule has 2 saturated carbocycles. The van der Waals surface area contributed by atoms with E-state index in [0.717, 1.165) is 13.1 Å². The molecule has 3 aliphatic rings. The molecule has 10 heavy (non-hydrogen) atoms. The number of morpholine rings is 1. The molecule has 1 aliphatic heterocycles. The van der Waals surface area contributed by atoms with E-state index in [9.17, 15) is 0 Å². The Morgan fingerprint density at radius 3 is 1.80 bits per heavy atom. The second-order valence-corrected chi connectivity index (χ2v) is 4.07. The Morgan fingerprint density at radius 2 is 1.40 bits per heavy atom. The first kappa shape index (κ1) is 5.56. The van der Waals surface area contributed by atoms with Gasteiger partial charge in [0, 0.05) is 13.1 Å². The van der Waals surface area contributed by atoms with Crippen molar-refractivity contribution < 1.29 is 4.74 Å². The summed E-state index contributed by atoms with van der Waals surface area (Å²) in [5, 5.41) is 3.47. The van der Waals surface area contributed by atoms with E-state index in [1.807, 2.05) is 0 Å². The molecule has 2 spiro atoms. The molecule has 0 unspecified atom stereocenters. The third-order valence-electron chi connectivity index (χ3n) is 2.94. The summed E-state index contributed by atoms with van der Waals surface area (Å²) in [4.78, 5) is 0. The lowest BCUT2D eigenvalue weighted by Crippen LogP contribution is -2.47. The Labute approximate surface area is 60.9 Å². The number of hydrogen-bond acceptors (Lipinski definition) is 2. The third kappa shape index (κ3) is 0.663. The molecule has 1 saturated heterocycles. The average molecular weight is 139 g/mol. The van der Waals surface area contributed by atoms with Crippen LogP contribution in [0.1, 0.15) is 25.7 Å². The van der Waals surface area contributed by atoms with Gasteiger partial charge in [-0.15, -0.1) is 0 Å². The van der Waals surface area contributed by atoms with Gasteiger partial charge in [0.2, 0.25) is 0 Å². The van der Waals surface area contributed by atoms with Crippen LogP contribution in [0, 0.1) is 0 Å². The quantitative estimate of drug-likeness (QED) is 0.532. The van der Waals surface area contributed by atoms with Crippen molar-refractivity contribution in [2.75, 3.05) is 13.1 Å². The molecule has 0 amide bonds. The second-order valence-electron chi connectivity index (χ2n) is 4.07. The highest BCUT2D eigenvalue weighted by atomic mass is 16.5. The Balaban J connectivity index is 1.80. The molecule has 0 bridgehead atoms. The zero-order valence-electron chi connectivity index (χ0n) is 6.15. The van der Waals surface area contributed by atoms with Gasteiger partial charge in [0.05, 0.1) is 11.2 Å². The summed E-state index contributed by atoms with van der Waals surface area (Å²) in [6, 6.07) is 0. The number of rotatable bonds is 0. The van der Waals surface area contributed by atoms with Gasteiger partial charge in [-0.3, -0.25) is 0 Å². The molecule has 2 aliphatic carbocycles. The van der Waals surface area contributed by atoms with Gasteiger partial charge in [-0.25, -0.2) is 0 Å². The van der Waals surface area contributed by atoms with Crippen molar-refractivity contribution in [3.63, 3.8) is 0 Å². The van der Waals surface area contributed by atoms with E-state index < -0.39 is 0 Å². The predicted molar refractivity (Wildman–Crippen MR) is 37.9 cm³/mol. The Kier molecular flexibility index (Phi) is 0.783. The van der Waals surface area contributed by atoms with Gasteiger partial charge >= 0.3 is 0 Å². The van der Waals surface area contributed by atoms with Crippen LogP contribution >= 0.6 is 0 Å². The lowest BCUT2D eigenvalue weighted by molar-refractivity contribution is -0.0714. The van der Waals surface area contributed by atoms with Crippen LogP contribution in [0.25, 0.3) is 0 Å². The molecule has 3 fully saturated rings. The van der Waals surface area contributed by atoms with E-state index in [0.29, 0.717) is 11.2 Å². The van der Waals surface area contributed by atoms with Crippen LogP contribution < -0.4 is 5.32 Å². The van der Waals surface area contributed by atoms with E-state index in [4.69, 9.17) is 4.74 Å². The minimum absolute atomic E-state index is 0.314. The van der Waals surface area contributed by atoms with Gasteiger partial charge in [0.25, 0.3) is 0 Å². The summed E-state index contributed by atoms with van der Waals surface area (Å²) in [7, 11) is 0. The molecule has 3 rings (SSSR count). The minimum Gasteiger partial charge on any atom is -0.366 e. The minimum atomic E-state index is 0.314. The van der Waals surface area contributed by atoms with Crippen LogP contribution in [0.2, 0.25) is 0 Å². The van der Waals surface area contributed by atoms with Crippen LogP contribution in [0.3, 0.4) is 0 Å². The topological polar surface area (TPSA) is 21.3 Å². The largest absolute Gasteiger partial charge is 0.366 e. The first-order valence-electron chi connectivity index (χ1n) is 4.24. The smallest absolute Gasteiger partial charge is 0.0816 e. The van der Waals surface area contributed by atoms with Crippen molar-refractivity contribution in [2.45, 2.75) is 36.9 Å². The van der Waals surface area contributed by atoms with Crippen molar-refractivity contribution in [1.82, 2.24) is 5.32 Å². The number of nitrogens with one attached hydrogen (secondary N) is 1. The summed E-state index contributed by atoms with van der Waals surface area (Å²) < 4.78 is 6.02. The summed E-state index contributed by atoms with van der Waals surface area (Å²) in [6.07, 6.45) is 5.17. The van der Waals surface area contributed by atoms with E-state index in [1.165, 1.54) is 25.7 Å². The van der Waals surface area contributed by atoms with Gasteiger partial charge in [0.15, 0.2) is 0 Å². The van der Waals surface area contributed by atoms with Crippen molar-refractivity contribution in [1.29, 1.82) is 0 Å². The van der Waals surface area contributed by atoms with Crippen LogP contribution in [-0.4, -0.2) is 24.3 Å². The highest BCUT2D eigenvalue weighted by molar-refractivity contribution is 5.10. The summed E-state index contributed by atoms with van der Waals surface area (Å²) in [5.41, 5.74) is 0.628. The standard InChI is InChI=1S/C8H13NO/c1-2-7(1)5-9-6-8(10-7)3-4-8/h9H,1-6H2. The monoisotopic (exact) mass is 139 g/mol. The Bertz CT molecular complexity index is 152. The zero-order chi connectivity index (χ0) is 6.66. The van der Waals surface area contributed by atoms with E-state index in [-0.39, 0.29) is 0 Å². The SMILES string of the molecule is C1CC12CNCC1(CC1)O2. The molecule has 1 heterocycles. The molecular weight excluding hydrogens is 126 g/mol. The maximum absolute atomic E-state index is 6.02. The normalized spacial score (nSPS) is 38.4. The van der Waals surface area contributed by atoms with Gasteiger partial charge in [-0.2, -0.15) is 0 Å². The molecule has 0 aromatic heterocycles. The first-order valence-corrected chi connectivity index (χ1v) is 4.24. The predicted octanol–water partition coefficient (Wildman–Crippen LogP) is 0.671. The number of ether oxygens (including phenoxy) is 1. The molecule has 0 atom stereocenters. The van der Waals surface area contributed by atoms with E-state index in [1.54, 1.807) is 0 Å². The molecule has 1 N–H and O–H groups in total. The van der Waals surface area contributed by atoms with Crippen molar-refractivity contribution in [3.8, 4) is 0 Å². The third-order valence-corrected chi connectivity index (χ3v) is 2.94. The highest BCUT2D eigenvalue weighted by Crippen LogP contribution is 2.52. The maximum Gasteiger partial charge on any atom is 0.0816 e. The Morgan fingerprint density at radius 1 is 0.900 bits per heavy atom. The molecule has 0 aromatic rings.